The Kier molecular flexibility index (Phi) is 3.32. The number of rotatable bonds is 2. The maximum Gasteiger partial charge on any atom is 0.256 e. The Morgan fingerprint density at radius 1 is 1.11 bits per heavy atom. The van der Waals surface area contributed by atoms with Crippen molar-refractivity contribution in [3.63, 3.8) is 0 Å². The van der Waals surface area contributed by atoms with Crippen LogP contribution in [0, 0.1) is 0 Å². The van der Waals surface area contributed by atoms with Gasteiger partial charge in [-0.25, -0.2) is 0 Å². The minimum Gasteiger partial charge on any atom is -0.453 e. The van der Waals surface area contributed by atoms with Gasteiger partial charge in [0.25, 0.3) is 6.29 Å². The monoisotopic (exact) mass is 275 g/mol. The van der Waals surface area contributed by atoms with Crippen molar-refractivity contribution in [2.24, 2.45) is 5.73 Å². The Bertz CT molecular complexity index is 571. The van der Waals surface area contributed by atoms with E-state index in [2.05, 4.69) is 0 Å². The average Bonchev–Trinajstić information content (AvgIpc) is 2.42. The third-order valence-corrected chi connectivity index (χ3v) is 3.34. The predicted octanol–water partition coefficient (Wildman–Crippen LogP) is 3.01. The summed E-state index contributed by atoms with van der Waals surface area (Å²) in [6, 6.07) is 14.8. The summed E-state index contributed by atoms with van der Waals surface area (Å²) in [7, 11) is 0. The standard InChI is InChI=1S/C15H14ClNO2/c16-11-5-7-12(8-6-11)18-15-13(17)9-10-3-1-2-4-14(10)19-15/h1-8,13,15H,9,17H2. The summed E-state index contributed by atoms with van der Waals surface area (Å²) in [6.07, 6.45) is 0.269. The van der Waals surface area contributed by atoms with E-state index in [1.54, 1.807) is 24.3 Å². The fourth-order valence-electron chi connectivity index (χ4n) is 2.11. The lowest BCUT2D eigenvalue weighted by atomic mass is 10.0. The molecule has 2 unspecified atom stereocenters. The predicted molar refractivity (Wildman–Crippen MR) is 74.6 cm³/mol. The normalized spacial score (nSPS) is 21.4. The average molecular weight is 276 g/mol. The molecule has 0 saturated carbocycles. The van der Waals surface area contributed by atoms with E-state index in [1.807, 2.05) is 24.3 Å². The molecule has 2 aromatic rings. The maximum absolute atomic E-state index is 6.10. The van der Waals surface area contributed by atoms with Gasteiger partial charge in [0.15, 0.2) is 0 Å². The molecule has 0 aliphatic carbocycles. The van der Waals surface area contributed by atoms with Gasteiger partial charge >= 0.3 is 0 Å². The van der Waals surface area contributed by atoms with Crippen molar-refractivity contribution >= 4 is 11.6 Å². The van der Waals surface area contributed by atoms with Crippen LogP contribution in [0.25, 0.3) is 0 Å². The maximum atomic E-state index is 6.10. The summed E-state index contributed by atoms with van der Waals surface area (Å²) >= 11 is 5.84. The summed E-state index contributed by atoms with van der Waals surface area (Å²) in [4.78, 5) is 0. The van der Waals surface area contributed by atoms with Crippen LogP contribution < -0.4 is 15.2 Å². The van der Waals surface area contributed by atoms with Gasteiger partial charge in [-0.1, -0.05) is 29.8 Å². The third kappa shape index (κ3) is 2.67. The molecule has 2 atom stereocenters. The molecular formula is C15H14ClNO2. The molecule has 2 aromatic carbocycles. The van der Waals surface area contributed by atoms with Gasteiger partial charge in [0, 0.05) is 5.02 Å². The molecule has 0 bridgehead atoms. The molecular weight excluding hydrogens is 262 g/mol. The Hall–Kier alpha value is -1.71. The molecule has 19 heavy (non-hydrogen) atoms. The van der Waals surface area contributed by atoms with Gasteiger partial charge < -0.3 is 15.2 Å². The lowest BCUT2D eigenvalue weighted by Crippen LogP contribution is -2.47. The second-order valence-corrected chi connectivity index (χ2v) is 4.97. The topological polar surface area (TPSA) is 44.5 Å². The number of para-hydroxylation sites is 1. The van der Waals surface area contributed by atoms with Gasteiger partial charge in [-0.3, -0.25) is 0 Å². The Labute approximate surface area is 116 Å². The van der Waals surface area contributed by atoms with Crippen molar-refractivity contribution in [3.05, 3.63) is 59.1 Å². The summed E-state index contributed by atoms with van der Waals surface area (Å²) < 4.78 is 11.6. The number of fused-ring (bicyclic) bond motifs is 1. The molecule has 1 heterocycles. The van der Waals surface area contributed by atoms with Gasteiger partial charge in [-0.15, -0.1) is 0 Å². The Morgan fingerprint density at radius 2 is 1.84 bits per heavy atom. The Balaban J connectivity index is 1.77. The van der Waals surface area contributed by atoms with Crippen molar-refractivity contribution in [1.29, 1.82) is 0 Å². The van der Waals surface area contributed by atoms with Crippen LogP contribution in [-0.2, 0) is 6.42 Å². The molecule has 0 fully saturated rings. The number of benzene rings is 2. The van der Waals surface area contributed by atoms with E-state index >= 15 is 0 Å². The molecule has 3 nitrogen and oxygen atoms in total. The minimum absolute atomic E-state index is 0.189. The Morgan fingerprint density at radius 3 is 2.63 bits per heavy atom. The lowest BCUT2D eigenvalue weighted by molar-refractivity contribution is -0.0242. The molecule has 0 saturated heterocycles. The molecule has 1 aliphatic rings. The first-order valence-electron chi connectivity index (χ1n) is 6.15. The molecule has 4 heteroatoms. The highest BCUT2D eigenvalue weighted by Gasteiger charge is 2.28. The van der Waals surface area contributed by atoms with E-state index in [0.717, 1.165) is 17.7 Å². The molecule has 0 aromatic heterocycles. The first-order chi connectivity index (χ1) is 9.22. The number of hydrogen-bond donors (Lipinski definition) is 1. The van der Waals surface area contributed by atoms with E-state index in [0.29, 0.717) is 10.8 Å². The van der Waals surface area contributed by atoms with Crippen molar-refractivity contribution in [3.8, 4) is 11.5 Å². The van der Waals surface area contributed by atoms with Crippen LogP contribution >= 0.6 is 11.6 Å². The molecule has 0 amide bonds. The van der Waals surface area contributed by atoms with Crippen LogP contribution in [0.4, 0.5) is 0 Å². The number of halogens is 1. The zero-order chi connectivity index (χ0) is 13.2. The van der Waals surface area contributed by atoms with Gasteiger partial charge in [-0.05, 0) is 42.3 Å². The number of hydrogen-bond acceptors (Lipinski definition) is 3. The molecule has 0 radical (unpaired) electrons. The fraction of sp³-hybridized carbons (Fsp3) is 0.200. The van der Waals surface area contributed by atoms with Gasteiger partial charge in [-0.2, -0.15) is 0 Å². The van der Waals surface area contributed by atoms with Crippen molar-refractivity contribution in [2.75, 3.05) is 0 Å². The highest BCUT2D eigenvalue weighted by Crippen LogP contribution is 2.28. The zero-order valence-corrected chi connectivity index (χ0v) is 11.0. The van der Waals surface area contributed by atoms with E-state index in [4.69, 9.17) is 26.8 Å². The highest BCUT2D eigenvalue weighted by atomic mass is 35.5. The SMILES string of the molecule is NC1Cc2ccccc2OC1Oc1ccc(Cl)cc1. The van der Waals surface area contributed by atoms with E-state index in [9.17, 15) is 0 Å². The zero-order valence-electron chi connectivity index (χ0n) is 10.3. The van der Waals surface area contributed by atoms with Crippen LogP contribution in [0.3, 0.4) is 0 Å². The van der Waals surface area contributed by atoms with Crippen molar-refractivity contribution in [2.45, 2.75) is 18.8 Å². The third-order valence-electron chi connectivity index (χ3n) is 3.09. The first kappa shape index (κ1) is 12.3. The first-order valence-corrected chi connectivity index (χ1v) is 6.52. The number of nitrogens with two attached hydrogens (primary N) is 1. The molecule has 98 valence electrons. The van der Waals surface area contributed by atoms with E-state index in [1.165, 1.54) is 0 Å². The smallest absolute Gasteiger partial charge is 0.256 e. The molecule has 1 aliphatic heterocycles. The largest absolute Gasteiger partial charge is 0.453 e. The summed E-state index contributed by atoms with van der Waals surface area (Å²) in [5.74, 6) is 1.53. The van der Waals surface area contributed by atoms with Crippen LogP contribution in [0.2, 0.25) is 5.02 Å². The van der Waals surface area contributed by atoms with Crippen LogP contribution in [0.1, 0.15) is 5.56 Å². The summed E-state index contributed by atoms with van der Waals surface area (Å²) in [5.41, 5.74) is 7.21. The molecule has 0 spiro atoms. The van der Waals surface area contributed by atoms with Crippen molar-refractivity contribution in [1.82, 2.24) is 0 Å². The lowest BCUT2D eigenvalue weighted by Gasteiger charge is -2.31. The minimum atomic E-state index is -0.476. The summed E-state index contributed by atoms with van der Waals surface area (Å²) in [6.45, 7) is 0. The second kappa shape index (κ2) is 5.11. The van der Waals surface area contributed by atoms with E-state index in [-0.39, 0.29) is 6.04 Å². The molecule has 2 N–H and O–H groups in total. The van der Waals surface area contributed by atoms with E-state index < -0.39 is 6.29 Å². The highest BCUT2D eigenvalue weighted by molar-refractivity contribution is 6.30. The van der Waals surface area contributed by atoms with Gasteiger partial charge in [0.2, 0.25) is 0 Å². The molecule has 3 rings (SSSR count). The number of ether oxygens (including phenoxy) is 2. The fourth-order valence-corrected chi connectivity index (χ4v) is 2.23. The summed E-state index contributed by atoms with van der Waals surface area (Å²) in [5, 5.41) is 0.673. The van der Waals surface area contributed by atoms with Gasteiger partial charge in [0.05, 0.1) is 6.04 Å². The quantitative estimate of drug-likeness (QED) is 0.916. The van der Waals surface area contributed by atoms with Crippen LogP contribution in [0.5, 0.6) is 11.5 Å². The van der Waals surface area contributed by atoms with Crippen LogP contribution in [-0.4, -0.2) is 12.3 Å². The van der Waals surface area contributed by atoms with Crippen LogP contribution in [0.15, 0.2) is 48.5 Å². The van der Waals surface area contributed by atoms with Gasteiger partial charge in [0.1, 0.15) is 11.5 Å². The second-order valence-electron chi connectivity index (χ2n) is 4.53. The van der Waals surface area contributed by atoms with Crippen molar-refractivity contribution < 1.29 is 9.47 Å².